The van der Waals surface area contributed by atoms with Crippen molar-refractivity contribution in [1.29, 1.82) is 0 Å². The highest BCUT2D eigenvalue weighted by Gasteiger charge is 2.07. The Morgan fingerprint density at radius 1 is 1.04 bits per heavy atom. The molecule has 0 amide bonds. The molecule has 126 valence electrons. The fourth-order valence-electron chi connectivity index (χ4n) is 2.39. The van der Waals surface area contributed by atoms with Crippen molar-refractivity contribution < 1.29 is 4.79 Å². The standard InChI is InChI=1S/C19H19N5O/c1-13(15-6-4-3-5-7-15)21-18-12-20-24-19(23-18)22-17-10-8-16(9-11-17)14(2)25/h3-13H,1-2H3,(H2,21,22,23,24). The molecule has 0 saturated carbocycles. The molecule has 0 saturated heterocycles. The molecular weight excluding hydrogens is 314 g/mol. The number of hydrogen-bond donors (Lipinski definition) is 2. The molecule has 2 aromatic carbocycles. The van der Waals surface area contributed by atoms with E-state index >= 15 is 0 Å². The Morgan fingerprint density at radius 3 is 2.44 bits per heavy atom. The number of benzene rings is 2. The molecule has 0 aliphatic rings. The topological polar surface area (TPSA) is 79.8 Å². The summed E-state index contributed by atoms with van der Waals surface area (Å²) in [6, 6.07) is 17.4. The molecule has 1 unspecified atom stereocenters. The van der Waals surface area contributed by atoms with Gasteiger partial charge in [0.25, 0.3) is 0 Å². The van der Waals surface area contributed by atoms with Crippen LogP contribution in [0.1, 0.15) is 35.8 Å². The first-order chi connectivity index (χ1) is 12.1. The monoisotopic (exact) mass is 333 g/mol. The molecule has 0 bridgehead atoms. The molecule has 2 N–H and O–H groups in total. The van der Waals surface area contributed by atoms with Crippen molar-refractivity contribution >= 4 is 23.2 Å². The first kappa shape index (κ1) is 16.6. The lowest BCUT2D eigenvalue weighted by atomic mass is 10.1. The first-order valence-electron chi connectivity index (χ1n) is 8.01. The minimum absolute atomic E-state index is 0.0329. The van der Waals surface area contributed by atoms with E-state index in [2.05, 4.69) is 44.9 Å². The van der Waals surface area contributed by atoms with Crippen LogP contribution in [0.4, 0.5) is 17.5 Å². The van der Waals surface area contributed by atoms with E-state index in [1.807, 2.05) is 30.3 Å². The Labute approximate surface area is 146 Å². The smallest absolute Gasteiger partial charge is 0.249 e. The predicted molar refractivity (Wildman–Crippen MR) is 98.0 cm³/mol. The van der Waals surface area contributed by atoms with Gasteiger partial charge in [-0.25, -0.2) is 0 Å². The summed E-state index contributed by atoms with van der Waals surface area (Å²) >= 11 is 0. The number of rotatable bonds is 6. The molecule has 1 aromatic heterocycles. The van der Waals surface area contributed by atoms with Gasteiger partial charge in [-0.15, -0.1) is 5.10 Å². The molecule has 3 aromatic rings. The van der Waals surface area contributed by atoms with Gasteiger partial charge in [-0.2, -0.15) is 10.1 Å². The van der Waals surface area contributed by atoms with Gasteiger partial charge in [0, 0.05) is 17.3 Å². The Morgan fingerprint density at radius 2 is 1.76 bits per heavy atom. The van der Waals surface area contributed by atoms with Gasteiger partial charge in [-0.1, -0.05) is 30.3 Å². The van der Waals surface area contributed by atoms with E-state index in [0.717, 1.165) is 11.3 Å². The van der Waals surface area contributed by atoms with Crippen molar-refractivity contribution in [1.82, 2.24) is 15.2 Å². The Balaban J connectivity index is 1.70. The molecular formula is C19H19N5O. The van der Waals surface area contributed by atoms with Crippen LogP contribution < -0.4 is 10.6 Å². The number of nitrogens with one attached hydrogen (secondary N) is 2. The van der Waals surface area contributed by atoms with E-state index in [-0.39, 0.29) is 11.8 Å². The van der Waals surface area contributed by atoms with Gasteiger partial charge in [0.15, 0.2) is 11.6 Å². The molecule has 1 atom stereocenters. The van der Waals surface area contributed by atoms with Crippen molar-refractivity contribution in [3.63, 3.8) is 0 Å². The summed E-state index contributed by atoms with van der Waals surface area (Å²) in [5.41, 5.74) is 2.62. The summed E-state index contributed by atoms with van der Waals surface area (Å²) in [5, 5.41) is 14.4. The largest absolute Gasteiger partial charge is 0.362 e. The summed E-state index contributed by atoms with van der Waals surface area (Å²) in [6.07, 6.45) is 1.59. The maximum absolute atomic E-state index is 11.3. The summed E-state index contributed by atoms with van der Waals surface area (Å²) in [4.78, 5) is 15.7. The number of anilines is 3. The molecule has 25 heavy (non-hydrogen) atoms. The maximum atomic E-state index is 11.3. The second kappa shape index (κ2) is 7.53. The van der Waals surface area contributed by atoms with Gasteiger partial charge in [-0.3, -0.25) is 4.79 Å². The lowest BCUT2D eigenvalue weighted by Gasteiger charge is -2.15. The van der Waals surface area contributed by atoms with Crippen LogP contribution >= 0.6 is 0 Å². The van der Waals surface area contributed by atoms with Gasteiger partial charge in [0.05, 0.1) is 6.20 Å². The minimum atomic E-state index is 0.0329. The average molecular weight is 333 g/mol. The first-order valence-corrected chi connectivity index (χ1v) is 8.01. The van der Waals surface area contributed by atoms with Crippen LogP contribution in [0, 0.1) is 0 Å². The minimum Gasteiger partial charge on any atom is -0.362 e. The zero-order valence-electron chi connectivity index (χ0n) is 14.1. The van der Waals surface area contributed by atoms with Crippen LogP contribution in [-0.4, -0.2) is 21.0 Å². The van der Waals surface area contributed by atoms with Gasteiger partial charge < -0.3 is 10.6 Å². The maximum Gasteiger partial charge on any atom is 0.249 e. The van der Waals surface area contributed by atoms with E-state index in [9.17, 15) is 4.79 Å². The molecule has 6 heteroatoms. The highest BCUT2D eigenvalue weighted by molar-refractivity contribution is 5.94. The van der Waals surface area contributed by atoms with Crippen LogP contribution in [0.15, 0.2) is 60.8 Å². The zero-order chi connectivity index (χ0) is 17.6. The lowest BCUT2D eigenvalue weighted by Crippen LogP contribution is -2.10. The van der Waals surface area contributed by atoms with Crippen molar-refractivity contribution in [3.8, 4) is 0 Å². The summed E-state index contributed by atoms with van der Waals surface area (Å²) in [5.74, 6) is 1.06. The van der Waals surface area contributed by atoms with Crippen molar-refractivity contribution in [3.05, 3.63) is 71.9 Å². The number of carbonyl (C=O) groups is 1. The van der Waals surface area contributed by atoms with Crippen LogP contribution in [0.25, 0.3) is 0 Å². The van der Waals surface area contributed by atoms with Crippen molar-refractivity contribution in [2.75, 3.05) is 10.6 Å². The SMILES string of the molecule is CC(=O)c1ccc(Nc2nncc(NC(C)c3ccccc3)n2)cc1. The van der Waals surface area contributed by atoms with Crippen LogP contribution in [0.5, 0.6) is 0 Å². The molecule has 0 aliphatic carbocycles. The summed E-state index contributed by atoms with van der Waals surface area (Å²) in [7, 11) is 0. The molecule has 1 heterocycles. The third-order valence-corrected chi connectivity index (χ3v) is 3.77. The van der Waals surface area contributed by atoms with E-state index in [1.54, 1.807) is 25.3 Å². The van der Waals surface area contributed by atoms with E-state index < -0.39 is 0 Å². The molecule has 6 nitrogen and oxygen atoms in total. The Kier molecular flexibility index (Phi) is 4.99. The molecule has 0 aliphatic heterocycles. The molecule has 0 radical (unpaired) electrons. The highest BCUT2D eigenvalue weighted by Crippen LogP contribution is 2.19. The predicted octanol–water partition coefficient (Wildman–Crippen LogP) is 3.99. The van der Waals surface area contributed by atoms with E-state index in [1.165, 1.54) is 0 Å². The van der Waals surface area contributed by atoms with Crippen LogP contribution in [0.2, 0.25) is 0 Å². The van der Waals surface area contributed by atoms with Gasteiger partial charge in [0.2, 0.25) is 5.95 Å². The fourth-order valence-corrected chi connectivity index (χ4v) is 2.39. The van der Waals surface area contributed by atoms with Gasteiger partial charge in [-0.05, 0) is 43.7 Å². The number of aromatic nitrogens is 3. The molecule has 0 fully saturated rings. The average Bonchev–Trinajstić information content (AvgIpc) is 2.63. The number of ketones is 1. The van der Waals surface area contributed by atoms with Crippen molar-refractivity contribution in [2.24, 2.45) is 0 Å². The highest BCUT2D eigenvalue weighted by atomic mass is 16.1. The normalized spacial score (nSPS) is 11.6. The quantitative estimate of drug-likeness (QED) is 0.664. The number of hydrogen-bond acceptors (Lipinski definition) is 6. The fraction of sp³-hybridized carbons (Fsp3) is 0.158. The summed E-state index contributed by atoms with van der Waals surface area (Å²) in [6.45, 7) is 3.60. The number of nitrogens with zero attached hydrogens (tertiary/aromatic N) is 3. The van der Waals surface area contributed by atoms with Gasteiger partial charge in [0.1, 0.15) is 0 Å². The van der Waals surface area contributed by atoms with E-state index in [0.29, 0.717) is 17.3 Å². The molecule has 3 rings (SSSR count). The van der Waals surface area contributed by atoms with Crippen molar-refractivity contribution in [2.45, 2.75) is 19.9 Å². The summed E-state index contributed by atoms with van der Waals surface area (Å²) < 4.78 is 0. The van der Waals surface area contributed by atoms with E-state index in [4.69, 9.17) is 0 Å². The Bertz CT molecular complexity index is 849. The second-order valence-corrected chi connectivity index (χ2v) is 5.70. The van der Waals surface area contributed by atoms with Crippen LogP contribution in [0.3, 0.4) is 0 Å². The lowest BCUT2D eigenvalue weighted by molar-refractivity contribution is 0.101. The second-order valence-electron chi connectivity index (χ2n) is 5.70. The number of Topliss-reactive ketones (excluding diaryl/α,β-unsaturated/α-hetero) is 1. The Hall–Kier alpha value is -3.28. The van der Waals surface area contributed by atoms with Crippen LogP contribution in [-0.2, 0) is 0 Å². The van der Waals surface area contributed by atoms with Gasteiger partial charge >= 0.3 is 0 Å². The zero-order valence-corrected chi connectivity index (χ0v) is 14.1. The third kappa shape index (κ3) is 4.38. The number of carbonyl (C=O) groups excluding carboxylic acids is 1. The molecule has 0 spiro atoms. The third-order valence-electron chi connectivity index (χ3n) is 3.77.